The van der Waals surface area contributed by atoms with Crippen molar-refractivity contribution in [1.29, 1.82) is 0 Å². The van der Waals surface area contributed by atoms with E-state index in [9.17, 15) is 4.79 Å². The summed E-state index contributed by atoms with van der Waals surface area (Å²) in [4.78, 5) is 22.6. The molecule has 2 aliphatic rings. The summed E-state index contributed by atoms with van der Waals surface area (Å²) in [6.45, 7) is 5.94. The van der Waals surface area contributed by atoms with E-state index in [1.54, 1.807) is 0 Å². The van der Waals surface area contributed by atoms with E-state index in [0.29, 0.717) is 11.7 Å². The zero-order valence-electron chi connectivity index (χ0n) is 14.8. The fraction of sp³-hybridized carbons (Fsp3) is 0.579. The summed E-state index contributed by atoms with van der Waals surface area (Å²) in [6, 6.07) is 5.90. The minimum atomic E-state index is 0.00623. The van der Waals surface area contributed by atoms with Crippen LogP contribution in [0.15, 0.2) is 18.2 Å². The van der Waals surface area contributed by atoms with Gasteiger partial charge in [-0.05, 0) is 50.8 Å². The molecule has 0 aliphatic carbocycles. The minimum absolute atomic E-state index is 0.00623. The second kappa shape index (κ2) is 7.14. The van der Waals surface area contributed by atoms with Gasteiger partial charge in [-0.25, -0.2) is 4.98 Å². The van der Waals surface area contributed by atoms with Crippen molar-refractivity contribution in [3.05, 3.63) is 29.6 Å². The Kier molecular flexibility index (Phi) is 4.72. The Bertz CT molecular complexity index is 743. The summed E-state index contributed by atoms with van der Waals surface area (Å²) >= 11 is 0. The highest BCUT2D eigenvalue weighted by molar-refractivity contribution is 5.97. The number of carbonyl (C=O) groups is 1. The molecule has 2 fully saturated rings. The van der Waals surface area contributed by atoms with Crippen LogP contribution in [0.3, 0.4) is 0 Å². The van der Waals surface area contributed by atoms with Gasteiger partial charge in [0.05, 0.1) is 17.1 Å². The van der Waals surface area contributed by atoms with E-state index in [1.807, 2.05) is 25.1 Å². The Morgan fingerprint density at radius 2 is 2.20 bits per heavy atom. The van der Waals surface area contributed by atoms with E-state index in [2.05, 4.69) is 20.2 Å². The lowest BCUT2D eigenvalue weighted by molar-refractivity contribution is 0.0613. The van der Waals surface area contributed by atoms with Gasteiger partial charge in [0, 0.05) is 37.8 Å². The average molecular weight is 342 g/mol. The highest BCUT2D eigenvalue weighted by atomic mass is 16.5. The van der Waals surface area contributed by atoms with E-state index in [1.165, 1.54) is 12.8 Å². The molecule has 0 saturated carbocycles. The summed E-state index contributed by atoms with van der Waals surface area (Å²) < 4.78 is 5.72. The van der Waals surface area contributed by atoms with E-state index in [-0.39, 0.29) is 11.9 Å². The number of piperidine rings is 1. The highest BCUT2D eigenvalue weighted by Crippen LogP contribution is 2.18. The first-order valence-electron chi connectivity index (χ1n) is 9.28. The van der Waals surface area contributed by atoms with Gasteiger partial charge in [0.1, 0.15) is 5.82 Å². The third-order valence-corrected chi connectivity index (χ3v) is 5.27. The molecule has 2 aliphatic heterocycles. The van der Waals surface area contributed by atoms with Crippen LogP contribution in [0.4, 0.5) is 0 Å². The predicted octanol–water partition coefficient (Wildman–Crippen LogP) is 2.24. The van der Waals surface area contributed by atoms with Crippen LogP contribution in [0, 0.1) is 6.92 Å². The van der Waals surface area contributed by atoms with Gasteiger partial charge < -0.3 is 19.9 Å². The number of hydrogen-bond donors (Lipinski definition) is 2. The fourth-order valence-electron chi connectivity index (χ4n) is 3.88. The molecule has 0 spiro atoms. The molecule has 0 bridgehead atoms. The molecule has 3 heterocycles. The number of fused-ring (bicyclic) bond motifs is 1. The van der Waals surface area contributed by atoms with Crippen molar-refractivity contribution in [3.8, 4) is 0 Å². The molecule has 1 aromatic carbocycles. The molecular formula is C19H26N4O2. The number of nitrogens with one attached hydrogen (secondary N) is 2. The number of aromatic amines is 1. The van der Waals surface area contributed by atoms with Crippen LogP contribution in [0.5, 0.6) is 0 Å². The Labute approximate surface area is 147 Å². The molecule has 1 atom stereocenters. The SMILES string of the molecule is Cc1nc2ccc(C(=O)NC3CCN(C[C@H]4CCCO4)CC3)cc2[nH]1. The highest BCUT2D eigenvalue weighted by Gasteiger charge is 2.25. The molecule has 1 amide bonds. The lowest BCUT2D eigenvalue weighted by Gasteiger charge is -2.33. The number of hydrogen-bond acceptors (Lipinski definition) is 4. The average Bonchev–Trinajstić information content (AvgIpc) is 3.24. The van der Waals surface area contributed by atoms with E-state index in [0.717, 1.165) is 55.9 Å². The van der Waals surface area contributed by atoms with Gasteiger partial charge in [-0.2, -0.15) is 0 Å². The third-order valence-electron chi connectivity index (χ3n) is 5.27. The molecule has 6 nitrogen and oxygen atoms in total. The molecular weight excluding hydrogens is 316 g/mol. The number of aryl methyl sites for hydroxylation is 1. The van der Waals surface area contributed by atoms with Crippen molar-refractivity contribution in [2.24, 2.45) is 0 Å². The molecule has 134 valence electrons. The number of nitrogens with zero attached hydrogens (tertiary/aromatic N) is 2. The normalized spacial score (nSPS) is 22.5. The number of aromatic nitrogens is 2. The smallest absolute Gasteiger partial charge is 0.251 e. The Hall–Kier alpha value is -1.92. The van der Waals surface area contributed by atoms with Crippen molar-refractivity contribution in [3.63, 3.8) is 0 Å². The van der Waals surface area contributed by atoms with Crippen LogP contribution in [0.2, 0.25) is 0 Å². The summed E-state index contributed by atoms with van der Waals surface area (Å²) in [5.41, 5.74) is 2.51. The van der Waals surface area contributed by atoms with E-state index < -0.39 is 0 Å². The molecule has 0 unspecified atom stereocenters. The number of ether oxygens (including phenoxy) is 1. The lowest BCUT2D eigenvalue weighted by Crippen LogP contribution is -2.46. The molecule has 25 heavy (non-hydrogen) atoms. The Morgan fingerprint density at radius 3 is 2.96 bits per heavy atom. The van der Waals surface area contributed by atoms with E-state index >= 15 is 0 Å². The molecule has 0 radical (unpaired) electrons. The fourth-order valence-corrected chi connectivity index (χ4v) is 3.88. The van der Waals surface area contributed by atoms with Crippen LogP contribution in [-0.2, 0) is 4.74 Å². The van der Waals surface area contributed by atoms with Gasteiger partial charge in [-0.15, -0.1) is 0 Å². The monoisotopic (exact) mass is 342 g/mol. The Morgan fingerprint density at radius 1 is 1.36 bits per heavy atom. The summed E-state index contributed by atoms with van der Waals surface area (Å²) in [7, 11) is 0. The molecule has 1 aromatic heterocycles. The van der Waals surface area contributed by atoms with Crippen LogP contribution < -0.4 is 5.32 Å². The first-order chi connectivity index (χ1) is 12.2. The molecule has 4 rings (SSSR count). The van der Waals surface area contributed by atoms with E-state index in [4.69, 9.17) is 4.74 Å². The number of carbonyl (C=O) groups excluding carboxylic acids is 1. The van der Waals surface area contributed by atoms with Crippen LogP contribution >= 0.6 is 0 Å². The maximum Gasteiger partial charge on any atom is 0.251 e. The zero-order chi connectivity index (χ0) is 17.2. The molecule has 2 aromatic rings. The third kappa shape index (κ3) is 3.85. The standard InChI is InChI=1S/C19H26N4O2/c1-13-20-17-5-4-14(11-18(17)21-13)19(24)22-15-6-8-23(9-7-15)12-16-3-2-10-25-16/h4-5,11,15-16H,2-3,6-10,12H2,1H3,(H,20,21)(H,22,24)/t16-/m1/s1. The van der Waals surface area contributed by atoms with Gasteiger partial charge in [-0.3, -0.25) is 4.79 Å². The van der Waals surface area contributed by atoms with Gasteiger partial charge >= 0.3 is 0 Å². The largest absolute Gasteiger partial charge is 0.377 e. The first-order valence-corrected chi connectivity index (χ1v) is 9.28. The number of H-pyrrole nitrogens is 1. The predicted molar refractivity (Wildman–Crippen MR) is 96.7 cm³/mol. The molecule has 2 N–H and O–H groups in total. The van der Waals surface area contributed by atoms with Crippen molar-refractivity contribution >= 4 is 16.9 Å². The first kappa shape index (κ1) is 16.5. The topological polar surface area (TPSA) is 70.2 Å². The van der Waals surface area contributed by atoms with Crippen molar-refractivity contribution in [2.45, 2.75) is 44.8 Å². The quantitative estimate of drug-likeness (QED) is 0.894. The van der Waals surface area contributed by atoms with Crippen LogP contribution in [0.25, 0.3) is 11.0 Å². The number of benzene rings is 1. The summed E-state index contributed by atoms with van der Waals surface area (Å²) in [5, 5.41) is 3.19. The van der Waals surface area contributed by atoms with Gasteiger partial charge in [0.25, 0.3) is 5.91 Å². The Balaban J connectivity index is 1.30. The van der Waals surface area contributed by atoms with Crippen LogP contribution in [0.1, 0.15) is 41.9 Å². The second-order valence-corrected chi connectivity index (χ2v) is 7.24. The number of likely N-dealkylation sites (tertiary alicyclic amines) is 1. The van der Waals surface area contributed by atoms with Gasteiger partial charge in [0.15, 0.2) is 0 Å². The number of imidazole rings is 1. The van der Waals surface area contributed by atoms with Gasteiger partial charge in [0.2, 0.25) is 0 Å². The van der Waals surface area contributed by atoms with Crippen molar-refractivity contribution < 1.29 is 9.53 Å². The summed E-state index contributed by atoms with van der Waals surface area (Å²) in [5.74, 6) is 0.873. The maximum atomic E-state index is 12.5. The lowest BCUT2D eigenvalue weighted by atomic mass is 10.0. The number of rotatable bonds is 4. The minimum Gasteiger partial charge on any atom is -0.377 e. The van der Waals surface area contributed by atoms with Crippen molar-refractivity contribution in [1.82, 2.24) is 20.2 Å². The van der Waals surface area contributed by atoms with Crippen LogP contribution in [-0.4, -0.2) is 59.2 Å². The number of amides is 1. The maximum absolute atomic E-state index is 12.5. The molecule has 2 saturated heterocycles. The van der Waals surface area contributed by atoms with Gasteiger partial charge in [-0.1, -0.05) is 0 Å². The van der Waals surface area contributed by atoms with Crippen molar-refractivity contribution in [2.75, 3.05) is 26.2 Å². The second-order valence-electron chi connectivity index (χ2n) is 7.24. The zero-order valence-corrected chi connectivity index (χ0v) is 14.8. The molecule has 6 heteroatoms. The summed E-state index contributed by atoms with van der Waals surface area (Å²) in [6.07, 6.45) is 4.80.